The van der Waals surface area contributed by atoms with Crippen LogP contribution in [0, 0.1) is 5.41 Å². The number of hydrogen-bond acceptors (Lipinski definition) is 5. The van der Waals surface area contributed by atoms with Gasteiger partial charge in [-0.3, -0.25) is 4.79 Å². The van der Waals surface area contributed by atoms with Crippen molar-refractivity contribution < 1.29 is 22.7 Å². The Kier molecular flexibility index (Phi) is 7.44. The Hall–Kier alpha value is -1.68. The molecule has 2 heterocycles. The maximum Gasteiger partial charge on any atom is 0.416 e. The topological polar surface area (TPSA) is 77.2 Å². The Balaban J connectivity index is 0.00000280. The predicted molar refractivity (Wildman–Crippen MR) is 104 cm³/mol. The minimum atomic E-state index is -4.37. The fourth-order valence-electron chi connectivity index (χ4n) is 3.02. The number of rotatable bonds is 5. The third-order valence-electron chi connectivity index (χ3n) is 4.73. The Morgan fingerprint density at radius 2 is 2.04 bits per heavy atom. The van der Waals surface area contributed by atoms with Gasteiger partial charge in [0.25, 0.3) is 0 Å². The van der Waals surface area contributed by atoms with E-state index in [2.05, 4.69) is 10.3 Å². The number of nitrogens with zero attached hydrogens (tertiary/aromatic N) is 1. The van der Waals surface area contributed by atoms with Crippen LogP contribution in [-0.2, 0) is 22.1 Å². The highest BCUT2D eigenvalue weighted by Gasteiger charge is 2.39. The Morgan fingerprint density at radius 1 is 1.32 bits per heavy atom. The van der Waals surface area contributed by atoms with Gasteiger partial charge in [0.05, 0.1) is 11.0 Å². The molecular weight excluding hydrogens is 415 g/mol. The summed E-state index contributed by atoms with van der Waals surface area (Å²) in [5.41, 5.74) is 5.02. The first-order chi connectivity index (χ1) is 12.8. The highest BCUT2D eigenvalue weighted by Crippen LogP contribution is 2.33. The fraction of sp³-hybridized carbons (Fsp3) is 0.444. The van der Waals surface area contributed by atoms with Gasteiger partial charge in [0.15, 0.2) is 5.13 Å². The second-order valence-corrected chi connectivity index (χ2v) is 7.67. The molecule has 0 aliphatic carbocycles. The molecule has 1 saturated heterocycles. The second kappa shape index (κ2) is 9.21. The Morgan fingerprint density at radius 3 is 2.68 bits per heavy atom. The van der Waals surface area contributed by atoms with E-state index in [4.69, 9.17) is 10.5 Å². The summed E-state index contributed by atoms with van der Waals surface area (Å²) in [7, 11) is 0. The first kappa shape index (κ1) is 22.6. The lowest BCUT2D eigenvalue weighted by Gasteiger charge is -2.34. The van der Waals surface area contributed by atoms with Crippen molar-refractivity contribution in [3.05, 3.63) is 46.5 Å². The normalized spacial score (nSPS) is 16.3. The van der Waals surface area contributed by atoms with Gasteiger partial charge in [0.2, 0.25) is 5.91 Å². The number of nitrogens with two attached hydrogens (primary N) is 1. The van der Waals surface area contributed by atoms with Crippen LogP contribution in [0.1, 0.15) is 28.8 Å². The van der Waals surface area contributed by atoms with Crippen LogP contribution in [0.2, 0.25) is 0 Å². The molecule has 5 nitrogen and oxygen atoms in total. The molecule has 154 valence electrons. The number of alkyl halides is 3. The smallest absolute Gasteiger partial charge is 0.381 e. The lowest BCUT2D eigenvalue weighted by molar-refractivity contribution is -0.137. The molecule has 3 N–H and O–H groups in total. The van der Waals surface area contributed by atoms with Crippen LogP contribution in [0.5, 0.6) is 0 Å². The van der Waals surface area contributed by atoms with Gasteiger partial charge in [0.1, 0.15) is 0 Å². The number of nitrogens with one attached hydrogen (secondary N) is 1. The summed E-state index contributed by atoms with van der Waals surface area (Å²) < 4.78 is 43.8. The maximum atomic E-state index is 12.8. The van der Waals surface area contributed by atoms with Crippen molar-refractivity contribution in [2.45, 2.75) is 25.4 Å². The molecule has 1 aromatic heterocycles. The molecule has 2 aromatic rings. The number of thiazole rings is 1. The van der Waals surface area contributed by atoms with Crippen LogP contribution in [0.4, 0.5) is 18.3 Å². The van der Waals surface area contributed by atoms with Crippen molar-refractivity contribution in [1.29, 1.82) is 0 Å². The summed E-state index contributed by atoms with van der Waals surface area (Å²) in [5.74, 6) is -0.187. The Bertz CT molecular complexity index is 807. The molecule has 28 heavy (non-hydrogen) atoms. The molecule has 1 aliphatic rings. The molecule has 1 fully saturated rings. The summed E-state index contributed by atoms with van der Waals surface area (Å²) in [6.45, 7) is 1.21. The zero-order chi connectivity index (χ0) is 19.5. The van der Waals surface area contributed by atoms with Gasteiger partial charge >= 0.3 is 6.18 Å². The van der Waals surface area contributed by atoms with E-state index in [1.54, 1.807) is 12.3 Å². The molecule has 3 rings (SSSR count). The number of aromatic nitrogens is 1. The van der Waals surface area contributed by atoms with E-state index >= 15 is 0 Å². The summed E-state index contributed by atoms with van der Waals surface area (Å²) >= 11 is 1.25. The van der Waals surface area contributed by atoms with E-state index in [1.807, 2.05) is 0 Å². The molecule has 0 atom stereocenters. The highest BCUT2D eigenvalue weighted by atomic mass is 35.5. The van der Waals surface area contributed by atoms with Gasteiger partial charge in [-0.1, -0.05) is 18.2 Å². The molecule has 0 unspecified atom stereocenters. The van der Waals surface area contributed by atoms with E-state index in [0.29, 0.717) is 43.2 Å². The monoisotopic (exact) mass is 435 g/mol. The summed E-state index contributed by atoms with van der Waals surface area (Å²) in [4.78, 5) is 17.6. The van der Waals surface area contributed by atoms with Gasteiger partial charge in [-0.2, -0.15) is 13.2 Å². The lowest BCUT2D eigenvalue weighted by Crippen LogP contribution is -2.46. The molecule has 0 radical (unpaired) electrons. The fourth-order valence-corrected chi connectivity index (χ4v) is 3.86. The first-order valence-electron chi connectivity index (χ1n) is 8.52. The number of carbonyl (C=O) groups is 1. The number of hydrogen-bond donors (Lipinski definition) is 2. The van der Waals surface area contributed by atoms with Crippen molar-refractivity contribution >= 4 is 34.8 Å². The van der Waals surface area contributed by atoms with Crippen LogP contribution >= 0.6 is 23.7 Å². The van der Waals surface area contributed by atoms with Crippen molar-refractivity contribution in [3.8, 4) is 0 Å². The van der Waals surface area contributed by atoms with Crippen molar-refractivity contribution in [2.24, 2.45) is 11.1 Å². The largest absolute Gasteiger partial charge is 0.416 e. The predicted octanol–water partition coefficient (Wildman–Crippen LogP) is 3.87. The van der Waals surface area contributed by atoms with E-state index < -0.39 is 17.2 Å². The maximum absolute atomic E-state index is 12.8. The number of amides is 1. The van der Waals surface area contributed by atoms with Crippen LogP contribution in [-0.4, -0.2) is 30.6 Å². The molecule has 1 aromatic carbocycles. The van der Waals surface area contributed by atoms with E-state index in [-0.39, 0.29) is 24.9 Å². The van der Waals surface area contributed by atoms with Crippen LogP contribution in [0.3, 0.4) is 0 Å². The van der Waals surface area contributed by atoms with E-state index in [9.17, 15) is 18.0 Å². The third kappa shape index (κ3) is 5.22. The van der Waals surface area contributed by atoms with Crippen LogP contribution in [0.25, 0.3) is 0 Å². The molecule has 0 spiro atoms. The number of ether oxygens (including phenoxy) is 1. The second-order valence-electron chi connectivity index (χ2n) is 6.56. The van der Waals surface area contributed by atoms with Crippen molar-refractivity contribution in [3.63, 3.8) is 0 Å². The average molecular weight is 436 g/mol. The molecule has 1 aliphatic heterocycles. The minimum Gasteiger partial charge on any atom is -0.381 e. The van der Waals surface area contributed by atoms with Gasteiger partial charge in [-0.25, -0.2) is 4.98 Å². The quantitative estimate of drug-likeness (QED) is 0.747. The van der Waals surface area contributed by atoms with Crippen molar-refractivity contribution in [1.82, 2.24) is 4.98 Å². The first-order valence-corrected chi connectivity index (χ1v) is 9.34. The summed E-state index contributed by atoms with van der Waals surface area (Å²) in [6, 6.07) is 5.20. The zero-order valence-electron chi connectivity index (χ0n) is 14.9. The lowest BCUT2D eigenvalue weighted by atomic mass is 9.79. The standard InChI is InChI=1S/C18H20F3N3O2S.ClH/c19-18(20,21)13-3-1-2-12(8-13)9-14-10-23-16(27-14)24-15(25)17(11-22)4-6-26-7-5-17;/h1-3,8,10H,4-7,9,11,22H2,(H,23,24,25);1H. The minimum absolute atomic E-state index is 0. The Labute approximate surface area is 170 Å². The highest BCUT2D eigenvalue weighted by molar-refractivity contribution is 7.15. The number of anilines is 1. The average Bonchev–Trinajstić information content (AvgIpc) is 3.08. The van der Waals surface area contributed by atoms with Crippen LogP contribution in [0.15, 0.2) is 30.5 Å². The van der Waals surface area contributed by atoms with E-state index in [0.717, 1.165) is 17.0 Å². The van der Waals surface area contributed by atoms with Gasteiger partial charge in [-0.05, 0) is 24.5 Å². The number of halogens is 4. The molecule has 10 heteroatoms. The SMILES string of the molecule is Cl.NCC1(C(=O)Nc2ncc(Cc3cccc(C(F)(F)F)c3)s2)CCOCC1. The zero-order valence-corrected chi connectivity index (χ0v) is 16.6. The molecule has 0 bridgehead atoms. The molecular formula is C18H21ClF3N3O2S. The van der Waals surface area contributed by atoms with E-state index in [1.165, 1.54) is 17.4 Å². The number of carbonyl (C=O) groups excluding carboxylic acids is 1. The summed E-state index contributed by atoms with van der Waals surface area (Å²) in [6.07, 6.45) is -1.38. The third-order valence-corrected chi connectivity index (χ3v) is 5.64. The summed E-state index contributed by atoms with van der Waals surface area (Å²) in [5, 5.41) is 3.22. The molecule has 0 saturated carbocycles. The van der Waals surface area contributed by atoms with Gasteiger partial charge in [-0.15, -0.1) is 23.7 Å². The van der Waals surface area contributed by atoms with Gasteiger partial charge in [0, 0.05) is 37.3 Å². The number of benzene rings is 1. The van der Waals surface area contributed by atoms with Crippen molar-refractivity contribution in [2.75, 3.05) is 25.1 Å². The van der Waals surface area contributed by atoms with Gasteiger partial charge < -0.3 is 15.8 Å². The van der Waals surface area contributed by atoms with Crippen LogP contribution < -0.4 is 11.1 Å². The molecule has 1 amide bonds.